The van der Waals surface area contributed by atoms with Gasteiger partial charge in [-0.2, -0.15) is 0 Å². The van der Waals surface area contributed by atoms with Crippen LogP contribution in [0, 0.1) is 0 Å². The Bertz CT molecular complexity index is 1000. The lowest BCUT2D eigenvalue weighted by atomic mass is 10.2. The molecule has 0 radical (unpaired) electrons. The summed E-state index contributed by atoms with van der Waals surface area (Å²) >= 11 is 1.92. The number of hydrogen-bond donors (Lipinski definition) is 1. The number of benzene rings is 2. The molecule has 1 aliphatic rings. The van der Waals surface area contributed by atoms with Gasteiger partial charge in [0, 0.05) is 15.8 Å². The molecule has 1 heterocycles. The van der Waals surface area contributed by atoms with Crippen molar-refractivity contribution in [1.29, 1.82) is 0 Å². The number of hydrogen-bond acceptors (Lipinski definition) is 4. The van der Waals surface area contributed by atoms with E-state index < -0.39 is 11.8 Å². The van der Waals surface area contributed by atoms with Crippen molar-refractivity contribution < 1.29 is 9.21 Å². The summed E-state index contributed by atoms with van der Waals surface area (Å²) in [6.07, 6.45) is 5.22. The average Bonchev–Trinajstić information content (AvgIpc) is 3.29. The van der Waals surface area contributed by atoms with Crippen LogP contribution in [0.5, 0.6) is 0 Å². The first kappa shape index (κ1) is 17.9. The van der Waals surface area contributed by atoms with Crippen molar-refractivity contribution in [2.24, 2.45) is 0 Å². The zero-order chi connectivity index (χ0) is 18.8. The topological polar surface area (TPSA) is 64.2 Å². The molecule has 1 saturated carbocycles. The Morgan fingerprint density at radius 1 is 1.15 bits per heavy atom. The van der Waals surface area contributed by atoms with Gasteiger partial charge < -0.3 is 9.73 Å². The summed E-state index contributed by atoms with van der Waals surface area (Å²) in [5.74, 6) is -0.776. The van der Waals surface area contributed by atoms with Crippen molar-refractivity contribution >= 4 is 34.5 Å². The zero-order valence-electron chi connectivity index (χ0n) is 15.2. The van der Waals surface area contributed by atoms with Gasteiger partial charge >= 0.3 is 5.76 Å². The van der Waals surface area contributed by atoms with Crippen LogP contribution in [0.25, 0.3) is 11.1 Å². The molecule has 27 heavy (non-hydrogen) atoms. The van der Waals surface area contributed by atoms with E-state index in [0.717, 1.165) is 5.69 Å². The van der Waals surface area contributed by atoms with Gasteiger partial charge in [0.1, 0.15) is 6.04 Å². The maximum Gasteiger partial charge on any atom is 0.420 e. The van der Waals surface area contributed by atoms with Gasteiger partial charge in [-0.15, -0.1) is 11.8 Å². The second kappa shape index (κ2) is 7.64. The Hall–Kier alpha value is -2.47. The molecule has 3 aromatic rings. The summed E-state index contributed by atoms with van der Waals surface area (Å²) in [6, 6.07) is 14.4. The molecule has 4 rings (SSSR count). The van der Waals surface area contributed by atoms with Crippen LogP contribution in [0.1, 0.15) is 38.6 Å². The highest BCUT2D eigenvalue weighted by atomic mass is 32.2. The monoisotopic (exact) mass is 382 g/mol. The van der Waals surface area contributed by atoms with E-state index in [1.807, 2.05) is 42.1 Å². The first-order chi connectivity index (χ1) is 13.1. The molecule has 0 bridgehead atoms. The lowest BCUT2D eigenvalue weighted by Crippen LogP contribution is -2.29. The van der Waals surface area contributed by atoms with Crippen molar-refractivity contribution in [2.45, 2.75) is 48.8 Å². The largest absolute Gasteiger partial charge is 0.420 e. The molecule has 1 aliphatic carbocycles. The van der Waals surface area contributed by atoms with Gasteiger partial charge in [-0.3, -0.25) is 9.36 Å². The van der Waals surface area contributed by atoms with Crippen LogP contribution in [-0.2, 0) is 4.79 Å². The number of amides is 1. The minimum absolute atomic E-state index is 0.250. The van der Waals surface area contributed by atoms with Gasteiger partial charge in [0.25, 0.3) is 0 Å². The van der Waals surface area contributed by atoms with E-state index in [1.54, 1.807) is 25.1 Å². The molecule has 1 atom stereocenters. The van der Waals surface area contributed by atoms with E-state index in [9.17, 15) is 9.59 Å². The third-order valence-corrected chi connectivity index (χ3v) is 6.36. The maximum absolute atomic E-state index is 12.7. The third kappa shape index (κ3) is 3.81. The normalized spacial score (nSPS) is 15.9. The van der Waals surface area contributed by atoms with E-state index in [4.69, 9.17) is 4.42 Å². The first-order valence-corrected chi connectivity index (χ1v) is 10.2. The van der Waals surface area contributed by atoms with Crippen LogP contribution in [0.15, 0.2) is 62.6 Å². The standard InChI is InChI=1S/C21H22N2O3S/c1-14(23-18-8-4-5-9-19(18)26-21(23)25)20(24)22-15-10-12-17(13-11-15)27-16-6-2-3-7-16/h4-5,8-14,16H,2-3,6-7H2,1H3,(H,22,24). The molecule has 2 aromatic carbocycles. The molecule has 6 heteroatoms. The van der Waals surface area contributed by atoms with Crippen LogP contribution in [0.2, 0.25) is 0 Å². The summed E-state index contributed by atoms with van der Waals surface area (Å²) < 4.78 is 6.61. The summed E-state index contributed by atoms with van der Waals surface area (Å²) in [4.78, 5) is 26.0. The number of aromatic nitrogens is 1. The molecule has 5 nitrogen and oxygen atoms in total. The van der Waals surface area contributed by atoms with Crippen LogP contribution < -0.4 is 11.1 Å². The molecular formula is C21H22N2O3S. The van der Waals surface area contributed by atoms with Gasteiger partial charge in [0.15, 0.2) is 5.58 Å². The number of thioether (sulfide) groups is 1. The molecule has 1 N–H and O–H groups in total. The number of anilines is 1. The van der Waals surface area contributed by atoms with E-state index in [-0.39, 0.29) is 5.91 Å². The maximum atomic E-state index is 12.7. The highest BCUT2D eigenvalue weighted by Crippen LogP contribution is 2.35. The fraction of sp³-hybridized carbons (Fsp3) is 0.333. The second-order valence-electron chi connectivity index (χ2n) is 6.92. The molecule has 140 valence electrons. The number of para-hydroxylation sites is 2. The molecular weight excluding hydrogens is 360 g/mol. The van der Waals surface area contributed by atoms with E-state index in [1.165, 1.54) is 35.1 Å². The van der Waals surface area contributed by atoms with Crippen molar-refractivity contribution in [3.63, 3.8) is 0 Å². The van der Waals surface area contributed by atoms with Gasteiger partial charge in [-0.25, -0.2) is 4.79 Å². The molecule has 1 fully saturated rings. The van der Waals surface area contributed by atoms with Gasteiger partial charge in [-0.05, 0) is 56.2 Å². The van der Waals surface area contributed by atoms with Gasteiger partial charge in [0.05, 0.1) is 5.52 Å². The molecule has 0 aliphatic heterocycles. The Kier molecular flexibility index (Phi) is 5.07. The lowest BCUT2D eigenvalue weighted by molar-refractivity contribution is -0.118. The third-order valence-electron chi connectivity index (χ3n) is 5.01. The summed E-state index contributed by atoms with van der Waals surface area (Å²) in [6.45, 7) is 1.70. The minimum Gasteiger partial charge on any atom is -0.408 e. The van der Waals surface area contributed by atoms with Crippen LogP contribution >= 0.6 is 11.8 Å². The molecule has 1 aromatic heterocycles. The number of carbonyl (C=O) groups is 1. The Morgan fingerprint density at radius 2 is 1.85 bits per heavy atom. The van der Waals surface area contributed by atoms with Crippen molar-refractivity contribution in [1.82, 2.24) is 4.57 Å². The quantitative estimate of drug-likeness (QED) is 0.686. The molecule has 0 saturated heterocycles. The van der Waals surface area contributed by atoms with E-state index in [0.29, 0.717) is 16.3 Å². The number of nitrogens with one attached hydrogen (secondary N) is 1. The zero-order valence-corrected chi connectivity index (χ0v) is 16.0. The molecule has 1 unspecified atom stereocenters. The number of nitrogens with zero attached hydrogens (tertiary/aromatic N) is 1. The SMILES string of the molecule is CC(C(=O)Nc1ccc(SC2CCCC2)cc1)n1c(=O)oc2ccccc21. The fourth-order valence-corrected chi connectivity index (χ4v) is 4.78. The van der Waals surface area contributed by atoms with Crippen molar-refractivity contribution in [3.8, 4) is 0 Å². The Labute approximate surface area is 161 Å². The van der Waals surface area contributed by atoms with Crippen molar-refractivity contribution in [2.75, 3.05) is 5.32 Å². The second-order valence-corrected chi connectivity index (χ2v) is 8.29. The van der Waals surface area contributed by atoms with Crippen LogP contribution in [0.4, 0.5) is 5.69 Å². The summed E-state index contributed by atoms with van der Waals surface area (Å²) in [7, 11) is 0. The smallest absolute Gasteiger partial charge is 0.408 e. The fourth-order valence-electron chi connectivity index (χ4n) is 3.53. The van der Waals surface area contributed by atoms with Gasteiger partial charge in [-0.1, -0.05) is 25.0 Å². The summed E-state index contributed by atoms with van der Waals surface area (Å²) in [5, 5.41) is 3.61. The first-order valence-electron chi connectivity index (χ1n) is 9.29. The minimum atomic E-state index is -0.673. The Balaban J connectivity index is 1.46. The van der Waals surface area contributed by atoms with Crippen molar-refractivity contribution in [3.05, 3.63) is 59.1 Å². The Morgan fingerprint density at radius 3 is 2.59 bits per heavy atom. The van der Waals surface area contributed by atoms with Crippen LogP contribution in [-0.4, -0.2) is 15.7 Å². The molecule has 0 spiro atoms. The highest BCUT2D eigenvalue weighted by molar-refractivity contribution is 8.00. The lowest BCUT2D eigenvalue weighted by Gasteiger charge is -2.14. The van der Waals surface area contributed by atoms with E-state index >= 15 is 0 Å². The predicted molar refractivity (Wildman–Crippen MR) is 108 cm³/mol. The molecule has 1 amide bonds. The number of oxazole rings is 1. The summed E-state index contributed by atoms with van der Waals surface area (Å²) in [5.41, 5.74) is 1.83. The predicted octanol–water partition coefficient (Wildman–Crippen LogP) is 4.83. The number of fused-ring (bicyclic) bond motifs is 1. The van der Waals surface area contributed by atoms with Gasteiger partial charge in [0.2, 0.25) is 5.91 Å². The number of carbonyl (C=O) groups excluding carboxylic acids is 1. The number of rotatable bonds is 5. The van der Waals surface area contributed by atoms with E-state index in [2.05, 4.69) is 5.32 Å². The van der Waals surface area contributed by atoms with Crippen LogP contribution in [0.3, 0.4) is 0 Å². The average molecular weight is 382 g/mol. The highest BCUT2D eigenvalue weighted by Gasteiger charge is 2.21.